The summed E-state index contributed by atoms with van der Waals surface area (Å²) in [6.45, 7) is 0. The highest BCUT2D eigenvalue weighted by Crippen LogP contribution is 2.40. The van der Waals surface area contributed by atoms with Crippen molar-refractivity contribution in [2.24, 2.45) is 0 Å². The minimum absolute atomic E-state index is 0.499. The van der Waals surface area contributed by atoms with Crippen molar-refractivity contribution < 1.29 is 0 Å². The van der Waals surface area contributed by atoms with E-state index in [-0.39, 0.29) is 0 Å². The van der Waals surface area contributed by atoms with Crippen molar-refractivity contribution in [2.45, 2.75) is 18.8 Å². The molecule has 0 unspecified atom stereocenters. The molecule has 1 aliphatic carbocycles. The Kier molecular flexibility index (Phi) is 1.89. The van der Waals surface area contributed by atoms with Gasteiger partial charge in [-0.3, -0.25) is 0 Å². The molecule has 3 rings (SSSR count). The van der Waals surface area contributed by atoms with Crippen LogP contribution < -0.4 is 11.6 Å². The van der Waals surface area contributed by atoms with Crippen molar-refractivity contribution in [3.8, 4) is 11.3 Å². The maximum absolute atomic E-state index is 5.82. The van der Waals surface area contributed by atoms with Crippen LogP contribution in [-0.2, 0) is 0 Å². The number of anilines is 1. The summed E-state index contributed by atoms with van der Waals surface area (Å²) in [4.78, 5) is 4.19. The Labute approximate surface area is 93.9 Å². The summed E-state index contributed by atoms with van der Waals surface area (Å²) in [7, 11) is 0. The van der Waals surface area contributed by atoms with Gasteiger partial charge in [0.1, 0.15) is 17.8 Å². The SMILES string of the molecule is Nc1c(-c2ccc(C3CC3)cc2)ncn1N. The van der Waals surface area contributed by atoms with Crippen LogP contribution in [0.5, 0.6) is 0 Å². The molecular formula is C12H14N4. The van der Waals surface area contributed by atoms with Crippen LogP contribution in [0.2, 0.25) is 0 Å². The van der Waals surface area contributed by atoms with Crippen LogP contribution in [0.25, 0.3) is 11.3 Å². The van der Waals surface area contributed by atoms with Gasteiger partial charge in [-0.25, -0.2) is 9.66 Å². The molecule has 1 aliphatic rings. The Morgan fingerprint density at radius 2 is 1.88 bits per heavy atom. The van der Waals surface area contributed by atoms with Gasteiger partial charge in [-0.15, -0.1) is 0 Å². The lowest BCUT2D eigenvalue weighted by molar-refractivity contribution is 1.01. The van der Waals surface area contributed by atoms with Crippen LogP contribution >= 0.6 is 0 Å². The molecule has 1 aromatic carbocycles. The molecule has 0 bridgehead atoms. The van der Waals surface area contributed by atoms with Crippen LogP contribution in [0.1, 0.15) is 24.3 Å². The highest BCUT2D eigenvalue weighted by Gasteiger charge is 2.23. The van der Waals surface area contributed by atoms with E-state index < -0.39 is 0 Å². The third-order valence-corrected chi connectivity index (χ3v) is 3.06. The van der Waals surface area contributed by atoms with E-state index in [1.807, 2.05) is 0 Å². The molecule has 0 aliphatic heterocycles. The second-order valence-electron chi connectivity index (χ2n) is 4.28. The fraction of sp³-hybridized carbons (Fsp3) is 0.250. The van der Waals surface area contributed by atoms with Crippen molar-refractivity contribution in [2.75, 3.05) is 11.6 Å². The molecule has 2 aromatic rings. The molecule has 16 heavy (non-hydrogen) atoms. The molecule has 1 saturated carbocycles. The lowest BCUT2D eigenvalue weighted by Crippen LogP contribution is -2.09. The average Bonchev–Trinajstić information content (AvgIpc) is 3.09. The second-order valence-corrected chi connectivity index (χ2v) is 4.28. The standard InChI is InChI=1S/C12H14N4/c13-12-11(15-7-16(12)14)10-5-3-9(4-6-10)8-1-2-8/h3-8H,1-2,13-14H2. The average molecular weight is 214 g/mol. The fourth-order valence-electron chi connectivity index (χ4n) is 1.92. The Morgan fingerprint density at radius 1 is 1.19 bits per heavy atom. The van der Waals surface area contributed by atoms with Gasteiger partial charge in [0.2, 0.25) is 0 Å². The van der Waals surface area contributed by atoms with Gasteiger partial charge in [0.05, 0.1) is 0 Å². The van der Waals surface area contributed by atoms with Crippen molar-refractivity contribution in [1.29, 1.82) is 0 Å². The first-order valence-corrected chi connectivity index (χ1v) is 5.44. The van der Waals surface area contributed by atoms with Gasteiger partial charge in [-0.05, 0) is 24.3 Å². The monoisotopic (exact) mass is 214 g/mol. The van der Waals surface area contributed by atoms with Gasteiger partial charge in [0.15, 0.2) is 0 Å². The molecule has 1 aromatic heterocycles. The molecule has 4 heteroatoms. The lowest BCUT2D eigenvalue weighted by atomic mass is 10.1. The van der Waals surface area contributed by atoms with E-state index >= 15 is 0 Å². The largest absolute Gasteiger partial charge is 0.382 e. The van der Waals surface area contributed by atoms with E-state index in [0.717, 1.165) is 17.2 Å². The third-order valence-electron chi connectivity index (χ3n) is 3.06. The Bertz CT molecular complexity index is 508. The minimum Gasteiger partial charge on any atom is -0.382 e. The van der Waals surface area contributed by atoms with Crippen molar-refractivity contribution >= 4 is 5.82 Å². The van der Waals surface area contributed by atoms with Gasteiger partial charge in [-0.1, -0.05) is 24.3 Å². The highest BCUT2D eigenvalue weighted by atomic mass is 15.3. The maximum Gasteiger partial charge on any atom is 0.150 e. The summed E-state index contributed by atoms with van der Waals surface area (Å²) >= 11 is 0. The van der Waals surface area contributed by atoms with Crippen molar-refractivity contribution in [3.63, 3.8) is 0 Å². The first kappa shape index (κ1) is 9.27. The molecule has 0 saturated heterocycles. The molecule has 0 atom stereocenters. The van der Waals surface area contributed by atoms with Gasteiger partial charge in [-0.2, -0.15) is 0 Å². The first-order chi connectivity index (χ1) is 7.75. The van der Waals surface area contributed by atoms with Gasteiger partial charge >= 0.3 is 0 Å². The third kappa shape index (κ3) is 1.43. The van der Waals surface area contributed by atoms with Crippen LogP contribution in [0, 0.1) is 0 Å². The van der Waals surface area contributed by atoms with Gasteiger partial charge in [0, 0.05) is 5.56 Å². The van der Waals surface area contributed by atoms with Crippen LogP contribution in [-0.4, -0.2) is 9.66 Å². The number of hydrogen-bond acceptors (Lipinski definition) is 3. The van der Waals surface area contributed by atoms with E-state index in [2.05, 4.69) is 29.2 Å². The van der Waals surface area contributed by atoms with Crippen molar-refractivity contribution in [1.82, 2.24) is 9.66 Å². The molecule has 1 fully saturated rings. The summed E-state index contributed by atoms with van der Waals surface area (Å²) in [6, 6.07) is 8.43. The molecule has 0 radical (unpaired) electrons. The zero-order chi connectivity index (χ0) is 11.1. The number of benzene rings is 1. The molecular weight excluding hydrogens is 200 g/mol. The number of hydrogen-bond donors (Lipinski definition) is 2. The molecule has 1 heterocycles. The van der Waals surface area contributed by atoms with Crippen LogP contribution in [0.15, 0.2) is 30.6 Å². The fourth-order valence-corrected chi connectivity index (χ4v) is 1.92. The van der Waals surface area contributed by atoms with E-state index in [1.54, 1.807) is 0 Å². The summed E-state index contributed by atoms with van der Waals surface area (Å²) in [5.41, 5.74) is 9.01. The zero-order valence-electron chi connectivity index (χ0n) is 8.93. The number of nitrogens with two attached hydrogens (primary N) is 2. The number of rotatable bonds is 2. The van der Waals surface area contributed by atoms with E-state index in [0.29, 0.717) is 5.82 Å². The summed E-state index contributed by atoms with van der Waals surface area (Å²) in [5, 5.41) is 0. The number of aromatic nitrogens is 2. The molecule has 82 valence electrons. The smallest absolute Gasteiger partial charge is 0.150 e. The Morgan fingerprint density at radius 3 is 2.38 bits per heavy atom. The second kappa shape index (κ2) is 3.27. The van der Waals surface area contributed by atoms with E-state index in [1.165, 1.54) is 29.4 Å². The van der Waals surface area contributed by atoms with E-state index in [9.17, 15) is 0 Å². The van der Waals surface area contributed by atoms with Crippen LogP contribution in [0.3, 0.4) is 0 Å². The number of nitrogens with zero attached hydrogens (tertiary/aromatic N) is 2. The zero-order valence-corrected chi connectivity index (χ0v) is 8.93. The minimum atomic E-state index is 0.499. The molecule has 4 N–H and O–H groups in total. The van der Waals surface area contributed by atoms with Crippen LogP contribution in [0.4, 0.5) is 5.82 Å². The van der Waals surface area contributed by atoms with Crippen molar-refractivity contribution in [3.05, 3.63) is 36.2 Å². The van der Waals surface area contributed by atoms with Gasteiger partial charge in [0.25, 0.3) is 0 Å². The first-order valence-electron chi connectivity index (χ1n) is 5.44. The molecule has 0 amide bonds. The number of imidazole rings is 1. The summed E-state index contributed by atoms with van der Waals surface area (Å²) in [6.07, 6.45) is 4.16. The quantitative estimate of drug-likeness (QED) is 0.748. The Hall–Kier alpha value is -1.97. The Balaban J connectivity index is 1.97. The van der Waals surface area contributed by atoms with Gasteiger partial charge < -0.3 is 11.6 Å². The lowest BCUT2D eigenvalue weighted by Gasteiger charge is -2.02. The maximum atomic E-state index is 5.82. The predicted molar refractivity (Wildman–Crippen MR) is 64.2 cm³/mol. The van der Waals surface area contributed by atoms with E-state index in [4.69, 9.17) is 11.6 Å². The summed E-state index contributed by atoms with van der Waals surface area (Å²) < 4.78 is 1.34. The number of nitrogen functional groups attached to an aromatic ring is 2. The summed E-state index contributed by atoms with van der Waals surface area (Å²) in [5.74, 6) is 6.87. The predicted octanol–water partition coefficient (Wildman–Crippen LogP) is 1.72. The highest BCUT2D eigenvalue weighted by molar-refractivity contribution is 5.70. The normalized spacial score (nSPS) is 15.2. The molecule has 0 spiro atoms. The molecule has 4 nitrogen and oxygen atoms in total. The topological polar surface area (TPSA) is 69.9 Å².